The van der Waals surface area contributed by atoms with Gasteiger partial charge < -0.3 is 0 Å². The van der Waals surface area contributed by atoms with Crippen LogP contribution in [0.5, 0.6) is 0 Å². The largest absolute Gasteiger partial charge is 0.245 e. The molecule has 0 aromatic heterocycles. The molecule has 0 amide bonds. The maximum Gasteiger partial charge on any atom is 0.0686 e. The second-order valence-electron chi connectivity index (χ2n) is 6.35. The molecule has 4 unspecified atom stereocenters. The van der Waals surface area contributed by atoms with Crippen molar-refractivity contribution in [3.05, 3.63) is 96.1 Å². The number of fused-ring (bicyclic) bond motifs is 1. The minimum Gasteiger partial charge on any atom is -0.245 e. The lowest BCUT2D eigenvalue weighted by molar-refractivity contribution is 0.187. The molecule has 2 nitrogen and oxygen atoms in total. The molecule has 5 rings (SSSR count). The van der Waals surface area contributed by atoms with Gasteiger partial charge in [-0.1, -0.05) is 78.9 Å². The highest BCUT2D eigenvalue weighted by Gasteiger charge is 2.62. The van der Waals surface area contributed by atoms with Crippen molar-refractivity contribution in [1.82, 2.24) is 10.4 Å². The van der Waals surface area contributed by atoms with E-state index >= 15 is 0 Å². The number of nitrogens with zero attached hydrogens (tertiary/aromatic N) is 1. The van der Waals surface area contributed by atoms with Crippen LogP contribution < -0.4 is 5.43 Å². The first kappa shape index (κ1) is 13.1. The minimum atomic E-state index is 0.434. The average molecular weight is 298 g/mol. The van der Waals surface area contributed by atoms with E-state index in [2.05, 4.69) is 95.4 Å². The Kier molecular flexibility index (Phi) is 2.87. The van der Waals surface area contributed by atoms with E-state index in [4.69, 9.17) is 0 Å². The van der Waals surface area contributed by atoms with Crippen LogP contribution in [0, 0.1) is 0 Å². The summed E-state index contributed by atoms with van der Waals surface area (Å²) >= 11 is 0. The molecule has 2 fully saturated rings. The zero-order chi connectivity index (χ0) is 15.2. The van der Waals surface area contributed by atoms with Crippen LogP contribution in [0.1, 0.15) is 23.2 Å². The van der Waals surface area contributed by atoms with Crippen molar-refractivity contribution in [3.8, 4) is 11.1 Å². The van der Waals surface area contributed by atoms with E-state index in [-0.39, 0.29) is 0 Å². The maximum atomic E-state index is 3.59. The van der Waals surface area contributed by atoms with E-state index in [0.29, 0.717) is 18.1 Å². The predicted octanol–water partition coefficient (Wildman–Crippen LogP) is 4.34. The molecule has 23 heavy (non-hydrogen) atoms. The standard InChI is InChI=1S/C21H18N2/c1-3-8-15(9-4-1)17-12-7-13-18(14-17)19-21-20(23(21)22-19)16-10-5-2-6-11-16/h1-14,19-22H. The third-order valence-electron chi connectivity index (χ3n) is 4.98. The van der Waals surface area contributed by atoms with E-state index in [1.807, 2.05) is 0 Å². The molecule has 4 atom stereocenters. The molecule has 0 saturated carbocycles. The van der Waals surface area contributed by atoms with Crippen LogP contribution in [0.15, 0.2) is 84.9 Å². The molecule has 0 bridgehead atoms. The third-order valence-corrected chi connectivity index (χ3v) is 4.98. The van der Waals surface area contributed by atoms with Crippen LogP contribution in [-0.2, 0) is 0 Å². The van der Waals surface area contributed by atoms with Crippen LogP contribution in [0.3, 0.4) is 0 Å². The van der Waals surface area contributed by atoms with Gasteiger partial charge in [0.15, 0.2) is 0 Å². The van der Waals surface area contributed by atoms with Gasteiger partial charge in [-0.05, 0) is 28.3 Å². The van der Waals surface area contributed by atoms with Gasteiger partial charge in [-0.2, -0.15) is 0 Å². The normalized spacial score (nSPS) is 27.8. The van der Waals surface area contributed by atoms with Crippen LogP contribution in [0.25, 0.3) is 11.1 Å². The van der Waals surface area contributed by atoms with Crippen LogP contribution >= 0.6 is 0 Å². The highest BCUT2D eigenvalue weighted by atomic mass is 15.7. The second kappa shape index (κ2) is 5.05. The third kappa shape index (κ3) is 2.11. The molecule has 2 aliphatic heterocycles. The van der Waals surface area contributed by atoms with Gasteiger partial charge in [-0.25, -0.2) is 10.4 Å². The number of hydrazine groups is 1. The monoisotopic (exact) mass is 298 g/mol. The fourth-order valence-corrected chi connectivity index (χ4v) is 3.74. The summed E-state index contributed by atoms with van der Waals surface area (Å²) in [6, 6.07) is 31.9. The molecule has 112 valence electrons. The lowest BCUT2D eigenvalue weighted by atomic mass is 9.95. The van der Waals surface area contributed by atoms with Gasteiger partial charge in [0.25, 0.3) is 0 Å². The Labute approximate surface area is 136 Å². The van der Waals surface area contributed by atoms with Crippen molar-refractivity contribution in [1.29, 1.82) is 0 Å². The molecular weight excluding hydrogens is 280 g/mol. The Morgan fingerprint density at radius 2 is 1.30 bits per heavy atom. The number of nitrogens with one attached hydrogen (secondary N) is 1. The lowest BCUT2D eigenvalue weighted by Crippen LogP contribution is -2.42. The topological polar surface area (TPSA) is 15.0 Å². The first-order valence-corrected chi connectivity index (χ1v) is 8.17. The molecular formula is C21H18N2. The van der Waals surface area contributed by atoms with Crippen molar-refractivity contribution < 1.29 is 0 Å². The highest BCUT2D eigenvalue weighted by molar-refractivity contribution is 5.64. The molecule has 0 spiro atoms. The zero-order valence-electron chi connectivity index (χ0n) is 12.8. The van der Waals surface area contributed by atoms with Crippen molar-refractivity contribution in [2.45, 2.75) is 18.1 Å². The Balaban J connectivity index is 1.40. The maximum absolute atomic E-state index is 3.59. The molecule has 3 aromatic rings. The van der Waals surface area contributed by atoms with Crippen molar-refractivity contribution in [3.63, 3.8) is 0 Å². The quantitative estimate of drug-likeness (QED) is 0.724. The summed E-state index contributed by atoms with van der Waals surface area (Å²) in [6.07, 6.45) is 0. The Morgan fingerprint density at radius 1 is 0.652 bits per heavy atom. The van der Waals surface area contributed by atoms with E-state index < -0.39 is 0 Å². The summed E-state index contributed by atoms with van der Waals surface area (Å²) in [6.45, 7) is 0. The van der Waals surface area contributed by atoms with Gasteiger partial charge in [0.05, 0.1) is 18.1 Å². The van der Waals surface area contributed by atoms with Crippen molar-refractivity contribution in [2.24, 2.45) is 0 Å². The van der Waals surface area contributed by atoms with Crippen LogP contribution in [0.2, 0.25) is 0 Å². The molecule has 1 N–H and O–H groups in total. The van der Waals surface area contributed by atoms with Gasteiger partial charge in [0.2, 0.25) is 0 Å². The molecule has 2 aliphatic rings. The molecule has 3 aromatic carbocycles. The van der Waals surface area contributed by atoms with Gasteiger partial charge in [0, 0.05) is 0 Å². The number of rotatable bonds is 3. The van der Waals surface area contributed by atoms with Gasteiger partial charge in [-0.15, -0.1) is 0 Å². The summed E-state index contributed by atoms with van der Waals surface area (Å²) < 4.78 is 0. The van der Waals surface area contributed by atoms with E-state index in [1.165, 1.54) is 22.3 Å². The summed E-state index contributed by atoms with van der Waals surface area (Å²) in [5.74, 6) is 0. The SMILES string of the molecule is c1ccc(-c2cccc(C3NN4C(c5ccccc5)C34)c2)cc1. The molecule has 2 heteroatoms. The van der Waals surface area contributed by atoms with Crippen LogP contribution in [-0.4, -0.2) is 11.1 Å². The zero-order valence-corrected chi connectivity index (χ0v) is 12.8. The van der Waals surface area contributed by atoms with Crippen molar-refractivity contribution in [2.75, 3.05) is 0 Å². The second-order valence-corrected chi connectivity index (χ2v) is 6.35. The summed E-state index contributed by atoms with van der Waals surface area (Å²) in [4.78, 5) is 0. The first-order valence-electron chi connectivity index (χ1n) is 8.17. The van der Waals surface area contributed by atoms with Crippen LogP contribution in [0.4, 0.5) is 0 Å². The minimum absolute atomic E-state index is 0.434. The summed E-state index contributed by atoms with van der Waals surface area (Å²) in [5, 5.41) is 2.36. The smallest absolute Gasteiger partial charge is 0.0686 e. The molecule has 0 radical (unpaired) electrons. The first-order chi connectivity index (χ1) is 11.4. The Morgan fingerprint density at radius 3 is 2.09 bits per heavy atom. The van der Waals surface area contributed by atoms with Crippen molar-refractivity contribution >= 4 is 0 Å². The van der Waals surface area contributed by atoms with Gasteiger partial charge in [-0.3, -0.25) is 0 Å². The van der Waals surface area contributed by atoms with Gasteiger partial charge in [0.1, 0.15) is 0 Å². The predicted molar refractivity (Wildman–Crippen MR) is 92.6 cm³/mol. The molecule has 2 saturated heterocycles. The average Bonchev–Trinajstić information content (AvgIpc) is 3.20. The highest BCUT2D eigenvalue weighted by Crippen LogP contribution is 2.55. The molecule has 0 aliphatic carbocycles. The van der Waals surface area contributed by atoms with Gasteiger partial charge >= 0.3 is 0 Å². The fourth-order valence-electron chi connectivity index (χ4n) is 3.74. The van der Waals surface area contributed by atoms with E-state index in [9.17, 15) is 0 Å². The number of hydrogen-bond donors (Lipinski definition) is 1. The Hall–Kier alpha value is -2.42. The van der Waals surface area contributed by atoms with E-state index in [1.54, 1.807) is 0 Å². The molecule has 2 heterocycles. The lowest BCUT2D eigenvalue weighted by Gasteiger charge is -2.28. The Bertz CT molecular complexity index is 829. The summed E-state index contributed by atoms with van der Waals surface area (Å²) in [5.41, 5.74) is 8.95. The fraction of sp³-hybridized carbons (Fsp3) is 0.143. The number of benzene rings is 3. The number of hydrogen-bond acceptors (Lipinski definition) is 2. The summed E-state index contributed by atoms with van der Waals surface area (Å²) in [7, 11) is 0. The van der Waals surface area contributed by atoms with E-state index in [0.717, 1.165) is 0 Å².